The molecule has 0 atom stereocenters. The van der Waals surface area contributed by atoms with E-state index >= 15 is 0 Å². The molecule has 0 saturated carbocycles. The minimum atomic E-state index is 0.810. The summed E-state index contributed by atoms with van der Waals surface area (Å²) in [5.74, 6) is 0. The van der Waals surface area contributed by atoms with E-state index in [-0.39, 0.29) is 0 Å². The molecule has 0 amide bonds. The third-order valence-corrected chi connectivity index (χ3v) is 1.86. The topological polar surface area (TPSA) is 25.8 Å². The number of fused-ring (bicyclic) bond motifs is 1. The lowest BCUT2D eigenvalue weighted by molar-refractivity contribution is 1.21. The van der Waals surface area contributed by atoms with Crippen LogP contribution in [0.5, 0.6) is 0 Å². The average Bonchev–Trinajstić information content (AvgIpc) is 2.17. The number of hydrogen-bond donors (Lipinski definition) is 0. The number of benzene rings is 1. The van der Waals surface area contributed by atoms with Gasteiger partial charge in [-0.05, 0) is 31.0 Å². The maximum Gasteiger partial charge on any atom is 0.116 e. The molecule has 0 N–H and O–H groups in total. The van der Waals surface area contributed by atoms with Crippen LogP contribution in [0.3, 0.4) is 0 Å². The van der Waals surface area contributed by atoms with Crippen molar-refractivity contribution < 1.29 is 0 Å². The molecule has 1 radical (unpaired) electrons. The van der Waals surface area contributed by atoms with Gasteiger partial charge in [0.15, 0.2) is 0 Å². The minimum absolute atomic E-state index is 0.810. The van der Waals surface area contributed by atoms with E-state index < -0.39 is 0 Å². The zero-order valence-electron chi connectivity index (χ0n) is 6.70. The number of hydrogen-bond acceptors (Lipinski definition) is 2. The normalized spacial score (nSPS) is 10.4. The quantitative estimate of drug-likeness (QED) is 0.632. The lowest BCUT2D eigenvalue weighted by atomic mass is 10.1. The van der Waals surface area contributed by atoms with Crippen molar-refractivity contribution in [2.24, 2.45) is 0 Å². The second-order valence-corrected chi connectivity index (χ2v) is 2.67. The molecule has 0 aliphatic carbocycles. The zero-order valence-corrected chi connectivity index (χ0v) is 6.70. The summed E-state index contributed by atoms with van der Waals surface area (Å²) in [7, 11) is 0. The van der Waals surface area contributed by atoms with Gasteiger partial charge in [0.1, 0.15) is 6.33 Å². The molecule has 1 aromatic carbocycles. The van der Waals surface area contributed by atoms with Crippen molar-refractivity contribution in [3.05, 3.63) is 43.2 Å². The highest BCUT2D eigenvalue weighted by Gasteiger charge is 1.94. The second kappa shape index (κ2) is 2.89. The first-order valence-corrected chi connectivity index (χ1v) is 3.88. The first kappa shape index (κ1) is 7.22. The third kappa shape index (κ3) is 1.16. The lowest BCUT2D eigenvalue weighted by Gasteiger charge is -1.98. The second-order valence-electron chi connectivity index (χ2n) is 2.67. The van der Waals surface area contributed by atoms with Crippen LogP contribution in [0.25, 0.3) is 10.9 Å². The fourth-order valence-corrected chi connectivity index (χ4v) is 1.19. The van der Waals surface area contributed by atoms with Crippen molar-refractivity contribution >= 4 is 10.9 Å². The van der Waals surface area contributed by atoms with Crippen LogP contribution in [0.1, 0.15) is 5.56 Å². The van der Waals surface area contributed by atoms with Crippen LogP contribution in [0, 0.1) is 6.92 Å². The molecule has 0 saturated heterocycles. The van der Waals surface area contributed by atoms with E-state index in [4.69, 9.17) is 0 Å². The minimum Gasteiger partial charge on any atom is -0.244 e. The van der Waals surface area contributed by atoms with Gasteiger partial charge < -0.3 is 0 Å². The van der Waals surface area contributed by atoms with Gasteiger partial charge in [-0.2, -0.15) is 0 Å². The highest BCUT2D eigenvalue weighted by atomic mass is 14.8. The molecule has 1 heterocycles. The van der Waals surface area contributed by atoms with Crippen molar-refractivity contribution in [3.63, 3.8) is 0 Å². The van der Waals surface area contributed by atoms with Crippen molar-refractivity contribution in [1.82, 2.24) is 9.97 Å². The Morgan fingerprint density at radius 3 is 3.08 bits per heavy atom. The third-order valence-electron chi connectivity index (χ3n) is 1.86. The Morgan fingerprint density at radius 1 is 1.33 bits per heavy atom. The monoisotopic (exact) mass is 157 g/mol. The maximum atomic E-state index is 4.13. The smallest absolute Gasteiger partial charge is 0.116 e. The van der Waals surface area contributed by atoms with E-state index in [2.05, 4.69) is 23.0 Å². The first-order chi connectivity index (χ1) is 5.90. The highest BCUT2D eigenvalue weighted by molar-refractivity contribution is 5.77. The summed E-state index contributed by atoms with van der Waals surface area (Å²) in [6.07, 6.45) is 4.19. The summed E-state index contributed by atoms with van der Waals surface area (Å²) in [6, 6.07) is 6.11. The van der Waals surface area contributed by atoms with Crippen molar-refractivity contribution in [2.75, 3.05) is 0 Å². The molecular formula is C10H9N2. The Labute approximate surface area is 71.3 Å². The summed E-state index contributed by atoms with van der Waals surface area (Å²) in [6.45, 7) is 3.82. The molecule has 0 unspecified atom stereocenters. The summed E-state index contributed by atoms with van der Waals surface area (Å²) in [5.41, 5.74) is 2.21. The van der Waals surface area contributed by atoms with Crippen LogP contribution >= 0.6 is 0 Å². The van der Waals surface area contributed by atoms with Gasteiger partial charge in [-0.1, -0.05) is 6.07 Å². The van der Waals surface area contributed by atoms with Crippen molar-refractivity contribution in [3.8, 4) is 0 Å². The fraction of sp³-hybridized carbons (Fsp3) is 0.100. The Kier molecular flexibility index (Phi) is 1.74. The molecule has 12 heavy (non-hydrogen) atoms. The van der Waals surface area contributed by atoms with E-state index in [1.165, 1.54) is 5.56 Å². The molecule has 59 valence electrons. The van der Waals surface area contributed by atoms with E-state index in [9.17, 15) is 0 Å². The predicted octanol–water partition coefficient (Wildman–Crippen LogP) is 2.01. The molecular weight excluding hydrogens is 148 g/mol. The van der Waals surface area contributed by atoms with E-state index in [0.717, 1.165) is 17.3 Å². The van der Waals surface area contributed by atoms with Gasteiger partial charge in [-0.25, -0.2) is 9.97 Å². The average molecular weight is 157 g/mol. The van der Waals surface area contributed by atoms with Crippen LogP contribution in [0.15, 0.2) is 30.7 Å². The number of rotatable bonds is 1. The summed E-state index contributed by atoms with van der Waals surface area (Å²) in [5, 5.41) is 1.08. The summed E-state index contributed by atoms with van der Waals surface area (Å²) in [4.78, 5) is 8.08. The van der Waals surface area contributed by atoms with Crippen LogP contribution in [0.2, 0.25) is 0 Å². The van der Waals surface area contributed by atoms with Gasteiger partial charge in [0.05, 0.1) is 5.52 Å². The Hall–Kier alpha value is -1.44. The molecule has 2 nitrogen and oxygen atoms in total. The van der Waals surface area contributed by atoms with Crippen LogP contribution in [-0.2, 0) is 6.42 Å². The van der Waals surface area contributed by atoms with Gasteiger partial charge >= 0.3 is 0 Å². The van der Waals surface area contributed by atoms with Gasteiger partial charge in [0.2, 0.25) is 0 Å². The van der Waals surface area contributed by atoms with Gasteiger partial charge in [0, 0.05) is 11.6 Å². The largest absolute Gasteiger partial charge is 0.244 e. The van der Waals surface area contributed by atoms with Crippen LogP contribution < -0.4 is 0 Å². The highest BCUT2D eigenvalue weighted by Crippen LogP contribution is 2.11. The Bertz CT molecular complexity index is 396. The maximum absolute atomic E-state index is 4.13. The zero-order chi connectivity index (χ0) is 8.39. The van der Waals surface area contributed by atoms with E-state index in [0.29, 0.717) is 0 Å². The lowest BCUT2D eigenvalue weighted by Crippen LogP contribution is -1.83. The number of aromatic nitrogens is 2. The van der Waals surface area contributed by atoms with Crippen molar-refractivity contribution in [2.45, 2.75) is 6.42 Å². The molecule has 2 heteroatoms. The van der Waals surface area contributed by atoms with E-state index in [1.807, 2.05) is 18.3 Å². The van der Waals surface area contributed by atoms with Gasteiger partial charge in [-0.3, -0.25) is 0 Å². The van der Waals surface area contributed by atoms with Gasteiger partial charge in [-0.15, -0.1) is 0 Å². The molecule has 0 fully saturated rings. The SMILES string of the molecule is [CH2]Cc1ccc2ncncc2c1. The molecule has 2 rings (SSSR count). The molecule has 2 aromatic rings. The summed E-state index contributed by atoms with van der Waals surface area (Å²) < 4.78 is 0. The number of nitrogens with zero attached hydrogens (tertiary/aromatic N) is 2. The molecule has 0 aliphatic rings. The predicted molar refractivity (Wildman–Crippen MR) is 48.6 cm³/mol. The Morgan fingerprint density at radius 2 is 2.25 bits per heavy atom. The van der Waals surface area contributed by atoms with Crippen LogP contribution in [-0.4, -0.2) is 9.97 Å². The molecule has 1 aromatic heterocycles. The fourth-order valence-electron chi connectivity index (χ4n) is 1.19. The van der Waals surface area contributed by atoms with Crippen LogP contribution in [0.4, 0.5) is 0 Å². The first-order valence-electron chi connectivity index (χ1n) is 3.88. The molecule has 0 spiro atoms. The Balaban J connectivity index is 2.67. The molecule has 0 aliphatic heterocycles. The molecule has 0 bridgehead atoms. The standard InChI is InChI=1S/C10H9N2/c1-2-8-3-4-10-9(5-8)6-11-7-12-10/h3-7H,1-2H2. The van der Waals surface area contributed by atoms with E-state index in [1.54, 1.807) is 6.33 Å². The van der Waals surface area contributed by atoms with Gasteiger partial charge in [0.25, 0.3) is 0 Å². The van der Waals surface area contributed by atoms with Crippen molar-refractivity contribution in [1.29, 1.82) is 0 Å². The summed E-state index contributed by atoms with van der Waals surface area (Å²) >= 11 is 0.